The standard InChI is InChI=1S/C15H22N2O2S/c1-12-2-4-13(5-3-12)8-9-20(18,19)17-10-14-6-7-15(11-17)16-14/h2-5,14-16H,6-11H2,1H3. The predicted molar refractivity (Wildman–Crippen MR) is 80.2 cm³/mol. The van der Waals surface area contributed by atoms with Crippen molar-refractivity contribution in [2.45, 2.75) is 38.3 Å². The summed E-state index contributed by atoms with van der Waals surface area (Å²) in [6.45, 7) is 3.33. The van der Waals surface area contributed by atoms with Crippen LogP contribution in [0.4, 0.5) is 0 Å². The quantitative estimate of drug-likeness (QED) is 0.911. The van der Waals surface area contributed by atoms with E-state index in [9.17, 15) is 8.42 Å². The van der Waals surface area contributed by atoms with Gasteiger partial charge in [0, 0.05) is 25.2 Å². The summed E-state index contributed by atoms with van der Waals surface area (Å²) < 4.78 is 26.6. The largest absolute Gasteiger partial charge is 0.309 e. The van der Waals surface area contributed by atoms with Gasteiger partial charge in [-0.2, -0.15) is 4.31 Å². The maximum Gasteiger partial charge on any atom is 0.214 e. The zero-order valence-corrected chi connectivity index (χ0v) is 12.7. The predicted octanol–water partition coefficient (Wildman–Crippen LogP) is 1.30. The lowest BCUT2D eigenvalue weighted by molar-refractivity contribution is 0.296. The number of nitrogens with one attached hydrogen (secondary N) is 1. The molecule has 4 nitrogen and oxygen atoms in total. The number of benzene rings is 1. The van der Waals surface area contributed by atoms with Crippen molar-refractivity contribution in [3.05, 3.63) is 35.4 Å². The first-order valence-corrected chi connectivity index (χ1v) is 8.93. The Morgan fingerprint density at radius 1 is 1.15 bits per heavy atom. The molecule has 2 fully saturated rings. The minimum atomic E-state index is -3.12. The number of aryl methyl sites for hydroxylation is 2. The van der Waals surface area contributed by atoms with Crippen molar-refractivity contribution in [1.82, 2.24) is 9.62 Å². The molecule has 0 amide bonds. The maximum absolute atomic E-state index is 12.4. The molecule has 110 valence electrons. The second-order valence-corrected chi connectivity index (χ2v) is 8.09. The minimum absolute atomic E-state index is 0.218. The molecule has 2 bridgehead atoms. The maximum atomic E-state index is 12.4. The molecular weight excluding hydrogens is 272 g/mol. The fraction of sp³-hybridized carbons (Fsp3) is 0.600. The summed E-state index contributed by atoms with van der Waals surface area (Å²) in [7, 11) is -3.12. The third kappa shape index (κ3) is 3.05. The van der Waals surface area contributed by atoms with Crippen molar-refractivity contribution in [2.24, 2.45) is 0 Å². The van der Waals surface area contributed by atoms with Gasteiger partial charge in [0.15, 0.2) is 0 Å². The lowest BCUT2D eigenvalue weighted by atomic mass is 10.1. The van der Waals surface area contributed by atoms with Gasteiger partial charge in [0.25, 0.3) is 0 Å². The van der Waals surface area contributed by atoms with E-state index in [1.165, 1.54) is 5.56 Å². The molecule has 2 saturated heterocycles. The molecule has 2 aliphatic heterocycles. The van der Waals surface area contributed by atoms with Crippen molar-refractivity contribution in [3.63, 3.8) is 0 Å². The number of fused-ring (bicyclic) bond motifs is 2. The summed E-state index contributed by atoms with van der Waals surface area (Å²) in [6, 6.07) is 8.84. The molecule has 0 saturated carbocycles. The second-order valence-electron chi connectivity index (χ2n) is 6.01. The van der Waals surface area contributed by atoms with E-state index in [4.69, 9.17) is 0 Å². The number of piperazine rings is 1. The first-order valence-electron chi connectivity index (χ1n) is 7.32. The van der Waals surface area contributed by atoms with Crippen molar-refractivity contribution in [3.8, 4) is 0 Å². The Morgan fingerprint density at radius 3 is 2.35 bits per heavy atom. The summed E-state index contributed by atoms with van der Waals surface area (Å²) in [5.41, 5.74) is 2.30. The van der Waals surface area contributed by atoms with Crippen LogP contribution in [0.3, 0.4) is 0 Å². The highest BCUT2D eigenvalue weighted by Crippen LogP contribution is 2.22. The normalized spacial score (nSPS) is 26.9. The minimum Gasteiger partial charge on any atom is -0.309 e. The van der Waals surface area contributed by atoms with Gasteiger partial charge < -0.3 is 5.32 Å². The van der Waals surface area contributed by atoms with Crippen LogP contribution >= 0.6 is 0 Å². The Bertz CT molecular complexity index is 556. The van der Waals surface area contributed by atoms with Gasteiger partial charge in [0.1, 0.15) is 0 Å². The van der Waals surface area contributed by atoms with Gasteiger partial charge in [0.05, 0.1) is 5.75 Å². The first kappa shape index (κ1) is 14.0. The Morgan fingerprint density at radius 2 is 1.75 bits per heavy atom. The molecular formula is C15H22N2O2S. The molecule has 1 aromatic rings. The fourth-order valence-corrected chi connectivity index (χ4v) is 4.68. The average molecular weight is 294 g/mol. The van der Waals surface area contributed by atoms with Crippen LogP contribution in [0.25, 0.3) is 0 Å². The summed E-state index contributed by atoms with van der Waals surface area (Å²) in [5, 5.41) is 3.47. The first-order chi connectivity index (χ1) is 9.53. The lowest BCUT2D eigenvalue weighted by Gasteiger charge is -2.32. The average Bonchev–Trinajstić information content (AvgIpc) is 2.77. The van der Waals surface area contributed by atoms with Gasteiger partial charge in [-0.15, -0.1) is 0 Å². The topological polar surface area (TPSA) is 49.4 Å². The molecule has 1 aromatic carbocycles. The lowest BCUT2D eigenvalue weighted by Crippen LogP contribution is -2.53. The van der Waals surface area contributed by atoms with Crippen LogP contribution in [-0.2, 0) is 16.4 Å². The number of nitrogens with zero attached hydrogens (tertiary/aromatic N) is 1. The Kier molecular flexibility index (Phi) is 3.84. The van der Waals surface area contributed by atoms with Crippen LogP contribution < -0.4 is 5.32 Å². The number of rotatable bonds is 4. The monoisotopic (exact) mass is 294 g/mol. The van der Waals surface area contributed by atoms with E-state index in [-0.39, 0.29) is 5.75 Å². The highest BCUT2D eigenvalue weighted by Gasteiger charge is 2.37. The van der Waals surface area contributed by atoms with E-state index in [1.54, 1.807) is 4.31 Å². The molecule has 2 unspecified atom stereocenters. The Labute approximate surface area is 121 Å². The zero-order valence-electron chi connectivity index (χ0n) is 11.9. The summed E-state index contributed by atoms with van der Waals surface area (Å²) in [5.74, 6) is 0.218. The molecule has 2 atom stereocenters. The van der Waals surface area contributed by atoms with Crippen molar-refractivity contribution in [1.29, 1.82) is 0 Å². The molecule has 0 spiro atoms. The van der Waals surface area contributed by atoms with Gasteiger partial charge in [-0.25, -0.2) is 8.42 Å². The van der Waals surface area contributed by atoms with E-state index < -0.39 is 10.0 Å². The van der Waals surface area contributed by atoms with Crippen molar-refractivity contribution in [2.75, 3.05) is 18.8 Å². The third-order valence-electron chi connectivity index (χ3n) is 4.35. The van der Waals surface area contributed by atoms with Gasteiger partial charge >= 0.3 is 0 Å². The fourth-order valence-electron chi connectivity index (χ4n) is 3.11. The number of hydrogen-bond acceptors (Lipinski definition) is 3. The van der Waals surface area contributed by atoms with Crippen LogP contribution in [0, 0.1) is 6.92 Å². The van der Waals surface area contributed by atoms with E-state index in [2.05, 4.69) is 5.32 Å². The van der Waals surface area contributed by atoms with Crippen LogP contribution in [-0.4, -0.2) is 43.6 Å². The highest BCUT2D eigenvalue weighted by atomic mass is 32.2. The zero-order chi connectivity index (χ0) is 14.2. The molecule has 0 radical (unpaired) electrons. The van der Waals surface area contributed by atoms with Gasteiger partial charge in [-0.1, -0.05) is 29.8 Å². The molecule has 5 heteroatoms. The summed E-state index contributed by atoms with van der Waals surface area (Å²) in [6.07, 6.45) is 2.81. The molecule has 0 aromatic heterocycles. The summed E-state index contributed by atoms with van der Waals surface area (Å²) in [4.78, 5) is 0. The smallest absolute Gasteiger partial charge is 0.214 e. The molecule has 3 rings (SSSR count). The van der Waals surface area contributed by atoms with Crippen LogP contribution in [0.1, 0.15) is 24.0 Å². The van der Waals surface area contributed by atoms with Crippen molar-refractivity contribution < 1.29 is 8.42 Å². The van der Waals surface area contributed by atoms with Crippen LogP contribution in [0.5, 0.6) is 0 Å². The molecule has 1 N–H and O–H groups in total. The highest BCUT2D eigenvalue weighted by molar-refractivity contribution is 7.89. The van der Waals surface area contributed by atoms with Gasteiger partial charge in [0.2, 0.25) is 10.0 Å². The number of hydrogen-bond donors (Lipinski definition) is 1. The van der Waals surface area contributed by atoms with E-state index >= 15 is 0 Å². The summed E-state index contributed by atoms with van der Waals surface area (Å²) >= 11 is 0. The second kappa shape index (κ2) is 5.47. The van der Waals surface area contributed by atoms with E-state index in [1.807, 2.05) is 31.2 Å². The van der Waals surface area contributed by atoms with E-state index in [0.717, 1.165) is 18.4 Å². The Hall–Kier alpha value is -0.910. The van der Waals surface area contributed by atoms with Crippen LogP contribution in [0.15, 0.2) is 24.3 Å². The Balaban J connectivity index is 1.62. The molecule has 2 aliphatic rings. The molecule has 0 aliphatic carbocycles. The van der Waals surface area contributed by atoms with Gasteiger partial charge in [-0.05, 0) is 31.7 Å². The molecule has 2 heterocycles. The number of sulfonamides is 1. The SMILES string of the molecule is Cc1ccc(CCS(=O)(=O)N2CC3CCC(C2)N3)cc1. The molecule has 20 heavy (non-hydrogen) atoms. The van der Waals surface area contributed by atoms with Crippen molar-refractivity contribution >= 4 is 10.0 Å². The van der Waals surface area contributed by atoms with E-state index in [0.29, 0.717) is 31.6 Å². The van der Waals surface area contributed by atoms with Crippen LogP contribution in [0.2, 0.25) is 0 Å². The van der Waals surface area contributed by atoms with Gasteiger partial charge in [-0.3, -0.25) is 0 Å². The third-order valence-corrected chi connectivity index (χ3v) is 6.15.